The molecule has 0 aliphatic carbocycles. The Bertz CT molecular complexity index is 730. The van der Waals surface area contributed by atoms with Gasteiger partial charge in [-0.15, -0.1) is 17.9 Å². The molecule has 2 aromatic rings. The molecule has 0 saturated carbocycles. The molecule has 1 aromatic heterocycles. The van der Waals surface area contributed by atoms with Gasteiger partial charge in [-0.05, 0) is 42.5 Å². The van der Waals surface area contributed by atoms with Crippen LogP contribution in [0.5, 0.6) is 5.75 Å². The topological polar surface area (TPSA) is 52.6 Å². The number of hydrogen-bond donors (Lipinski definition) is 0. The summed E-state index contributed by atoms with van der Waals surface area (Å²) in [6.45, 7) is 5.83. The number of ketones is 1. The van der Waals surface area contributed by atoms with Crippen molar-refractivity contribution in [2.45, 2.75) is 26.2 Å². The molecule has 0 spiro atoms. The third-order valence-electron chi connectivity index (χ3n) is 3.42. The standard InChI is InChI=1S/C18H20O4S/c1-4-6-12-9-13-10-17(23-16(13)11-15(12)21-3)14(19)7-8-18(20)22-5-2/h4,9-11H,1,5-8H2,2-3H3. The number of allylic oxidation sites excluding steroid dienone is 1. The summed E-state index contributed by atoms with van der Waals surface area (Å²) in [5.41, 5.74) is 1.04. The van der Waals surface area contributed by atoms with E-state index in [0.717, 1.165) is 21.4 Å². The van der Waals surface area contributed by atoms with Gasteiger partial charge in [0.2, 0.25) is 0 Å². The molecule has 0 amide bonds. The van der Waals surface area contributed by atoms with Crippen molar-refractivity contribution in [3.8, 4) is 5.75 Å². The van der Waals surface area contributed by atoms with Crippen LogP contribution in [0.2, 0.25) is 0 Å². The van der Waals surface area contributed by atoms with Gasteiger partial charge in [0.15, 0.2) is 5.78 Å². The summed E-state index contributed by atoms with van der Waals surface area (Å²) in [5, 5.41) is 1.01. The first-order chi connectivity index (χ1) is 11.1. The molecule has 0 N–H and O–H groups in total. The van der Waals surface area contributed by atoms with Gasteiger partial charge in [-0.3, -0.25) is 9.59 Å². The Balaban J connectivity index is 2.20. The summed E-state index contributed by atoms with van der Waals surface area (Å²) in [7, 11) is 1.63. The van der Waals surface area contributed by atoms with E-state index in [2.05, 4.69) is 6.58 Å². The highest BCUT2D eigenvalue weighted by atomic mass is 32.1. The van der Waals surface area contributed by atoms with Crippen molar-refractivity contribution in [1.82, 2.24) is 0 Å². The molecule has 1 aromatic carbocycles. The lowest BCUT2D eigenvalue weighted by Crippen LogP contribution is -2.07. The van der Waals surface area contributed by atoms with Gasteiger partial charge in [-0.25, -0.2) is 0 Å². The van der Waals surface area contributed by atoms with E-state index >= 15 is 0 Å². The maximum atomic E-state index is 12.2. The number of hydrogen-bond acceptors (Lipinski definition) is 5. The second-order valence-electron chi connectivity index (χ2n) is 5.03. The van der Waals surface area contributed by atoms with Crippen LogP contribution in [0.3, 0.4) is 0 Å². The molecule has 0 aliphatic heterocycles. The highest BCUT2D eigenvalue weighted by Crippen LogP contribution is 2.33. The van der Waals surface area contributed by atoms with Crippen molar-refractivity contribution in [1.29, 1.82) is 0 Å². The van der Waals surface area contributed by atoms with Crippen LogP contribution in [-0.4, -0.2) is 25.5 Å². The number of ether oxygens (including phenoxy) is 2. The molecule has 23 heavy (non-hydrogen) atoms. The fourth-order valence-electron chi connectivity index (χ4n) is 2.33. The first kappa shape index (κ1) is 17.2. The number of fused-ring (bicyclic) bond motifs is 1. The van der Waals surface area contributed by atoms with E-state index in [0.29, 0.717) is 17.9 Å². The van der Waals surface area contributed by atoms with E-state index in [4.69, 9.17) is 9.47 Å². The molecule has 0 atom stereocenters. The van der Waals surface area contributed by atoms with Crippen LogP contribution in [0.15, 0.2) is 30.9 Å². The summed E-state index contributed by atoms with van der Waals surface area (Å²) in [4.78, 5) is 24.3. The second-order valence-corrected chi connectivity index (χ2v) is 6.12. The molecule has 5 heteroatoms. The maximum Gasteiger partial charge on any atom is 0.306 e. The normalized spacial score (nSPS) is 10.5. The molecule has 0 saturated heterocycles. The molecule has 0 unspecified atom stereocenters. The van der Waals surface area contributed by atoms with E-state index in [-0.39, 0.29) is 24.6 Å². The number of esters is 1. The minimum Gasteiger partial charge on any atom is -0.496 e. The van der Waals surface area contributed by atoms with Gasteiger partial charge in [0.25, 0.3) is 0 Å². The average Bonchev–Trinajstić information content (AvgIpc) is 2.95. The predicted molar refractivity (Wildman–Crippen MR) is 92.5 cm³/mol. The van der Waals surface area contributed by atoms with Gasteiger partial charge < -0.3 is 9.47 Å². The number of thiophene rings is 1. The molecular formula is C18H20O4S. The van der Waals surface area contributed by atoms with Gasteiger partial charge in [0, 0.05) is 11.1 Å². The number of methoxy groups -OCH3 is 1. The first-order valence-electron chi connectivity index (χ1n) is 7.49. The van der Waals surface area contributed by atoms with Crippen molar-refractivity contribution in [2.24, 2.45) is 0 Å². The van der Waals surface area contributed by atoms with Gasteiger partial charge in [-0.2, -0.15) is 0 Å². The summed E-state index contributed by atoms with van der Waals surface area (Å²) < 4.78 is 11.2. The number of Topliss-reactive ketones (excluding diaryl/α,β-unsaturated/α-hetero) is 1. The van der Waals surface area contributed by atoms with Crippen molar-refractivity contribution in [2.75, 3.05) is 13.7 Å². The number of benzene rings is 1. The molecule has 0 bridgehead atoms. The lowest BCUT2D eigenvalue weighted by Gasteiger charge is -2.06. The van der Waals surface area contributed by atoms with Crippen LogP contribution < -0.4 is 4.74 Å². The maximum absolute atomic E-state index is 12.2. The van der Waals surface area contributed by atoms with E-state index in [1.165, 1.54) is 11.3 Å². The Hall–Kier alpha value is -2.14. The Morgan fingerprint density at radius 1 is 1.26 bits per heavy atom. The highest BCUT2D eigenvalue weighted by Gasteiger charge is 2.14. The Morgan fingerprint density at radius 3 is 2.70 bits per heavy atom. The molecule has 4 nitrogen and oxygen atoms in total. The van der Waals surface area contributed by atoms with Crippen LogP contribution >= 0.6 is 11.3 Å². The van der Waals surface area contributed by atoms with E-state index in [1.54, 1.807) is 14.0 Å². The second kappa shape index (κ2) is 7.92. The van der Waals surface area contributed by atoms with Crippen molar-refractivity contribution < 1.29 is 19.1 Å². The summed E-state index contributed by atoms with van der Waals surface area (Å²) >= 11 is 1.42. The molecular weight excluding hydrogens is 312 g/mol. The first-order valence-corrected chi connectivity index (χ1v) is 8.30. The van der Waals surface area contributed by atoms with Crippen molar-refractivity contribution >= 4 is 33.2 Å². The molecule has 1 heterocycles. The molecule has 0 radical (unpaired) electrons. The Labute approximate surface area is 139 Å². The number of carbonyl (C=O) groups is 2. The predicted octanol–water partition coefficient (Wildman–Crippen LogP) is 4.16. The van der Waals surface area contributed by atoms with Crippen LogP contribution in [0.1, 0.15) is 35.0 Å². The fourth-order valence-corrected chi connectivity index (χ4v) is 3.37. The van der Waals surface area contributed by atoms with Crippen molar-refractivity contribution in [3.63, 3.8) is 0 Å². The zero-order valence-corrected chi connectivity index (χ0v) is 14.2. The molecule has 122 valence electrons. The van der Waals surface area contributed by atoms with Gasteiger partial charge in [0.05, 0.1) is 25.0 Å². The van der Waals surface area contributed by atoms with Gasteiger partial charge >= 0.3 is 5.97 Å². The smallest absolute Gasteiger partial charge is 0.306 e. The minimum atomic E-state index is -0.336. The number of carbonyl (C=O) groups excluding carboxylic acids is 2. The summed E-state index contributed by atoms with van der Waals surface area (Å²) in [6, 6.07) is 5.84. The summed E-state index contributed by atoms with van der Waals surface area (Å²) in [6.07, 6.45) is 2.82. The van der Waals surface area contributed by atoms with Gasteiger partial charge in [0.1, 0.15) is 5.75 Å². The Morgan fingerprint density at radius 2 is 2.04 bits per heavy atom. The van der Waals surface area contributed by atoms with Crippen LogP contribution in [0.4, 0.5) is 0 Å². The van der Waals surface area contributed by atoms with E-state index in [1.807, 2.05) is 24.3 Å². The summed E-state index contributed by atoms with van der Waals surface area (Å²) in [5.74, 6) is 0.421. The van der Waals surface area contributed by atoms with Gasteiger partial charge in [-0.1, -0.05) is 6.08 Å². The zero-order chi connectivity index (χ0) is 16.8. The molecule has 2 rings (SSSR count). The largest absolute Gasteiger partial charge is 0.496 e. The lowest BCUT2D eigenvalue weighted by molar-refractivity contribution is -0.143. The minimum absolute atomic E-state index is 0.0384. The SMILES string of the molecule is C=CCc1cc2cc(C(=O)CCC(=O)OCC)sc2cc1OC. The fraction of sp³-hybridized carbons (Fsp3) is 0.333. The quantitative estimate of drug-likeness (QED) is 0.414. The van der Waals surface area contributed by atoms with E-state index in [9.17, 15) is 9.59 Å². The van der Waals surface area contributed by atoms with Crippen LogP contribution in [0, 0.1) is 0 Å². The Kier molecular flexibility index (Phi) is 5.93. The van der Waals surface area contributed by atoms with Crippen LogP contribution in [-0.2, 0) is 16.0 Å². The third kappa shape index (κ3) is 4.20. The van der Waals surface area contributed by atoms with Crippen molar-refractivity contribution in [3.05, 3.63) is 41.3 Å². The lowest BCUT2D eigenvalue weighted by atomic mass is 10.1. The van der Waals surface area contributed by atoms with E-state index < -0.39 is 0 Å². The zero-order valence-electron chi connectivity index (χ0n) is 13.4. The third-order valence-corrected chi connectivity index (χ3v) is 4.56. The molecule has 0 aliphatic rings. The monoisotopic (exact) mass is 332 g/mol. The average molecular weight is 332 g/mol. The van der Waals surface area contributed by atoms with Crippen LogP contribution in [0.25, 0.3) is 10.1 Å². The number of rotatable bonds is 8. The molecule has 0 fully saturated rings. The highest BCUT2D eigenvalue weighted by molar-refractivity contribution is 7.20.